The minimum absolute atomic E-state index is 0.127. The molecule has 2 saturated heterocycles. The number of carbonyl (C=O) groups excluding carboxylic acids is 3. The van der Waals surface area contributed by atoms with Crippen LogP contribution in [0.1, 0.15) is 32.4 Å². The summed E-state index contributed by atoms with van der Waals surface area (Å²) in [6.07, 6.45) is 3.83. The molecule has 2 amide bonds. The maximum Gasteiger partial charge on any atom is 0.240 e. The van der Waals surface area contributed by atoms with Crippen LogP contribution in [0.25, 0.3) is 6.08 Å². The van der Waals surface area contributed by atoms with Crippen LogP contribution in [0.3, 0.4) is 0 Å². The SMILES string of the molecule is Cc1c(Cl)cccc1N1C(=O)[C@@H]2[C@H](C1=O)[C@H]1c3ccccc3C=CN1[C@H]2C(=O)c1cccs1. The summed E-state index contributed by atoms with van der Waals surface area (Å²) in [6, 6.07) is 15.5. The zero-order valence-electron chi connectivity index (χ0n) is 17.6. The van der Waals surface area contributed by atoms with Gasteiger partial charge >= 0.3 is 0 Å². The predicted molar refractivity (Wildman–Crippen MR) is 128 cm³/mol. The van der Waals surface area contributed by atoms with Gasteiger partial charge in [0, 0.05) is 11.2 Å². The second-order valence-corrected chi connectivity index (χ2v) is 9.93. The third-order valence-corrected chi connectivity index (χ3v) is 8.27. The lowest BCUT2D eigenvalue weighted by Gasteiger charge is -2.35. The molecule has 0 spiro atoms. The van der Waals surface area contributed by atoms with E-state index in [9.17, 15) is 14.4 Å². The highest BCUT2D eigenvalue weighted by atomic mass is 35.5. The number of thiophene rings is 1. The molecule has 3 aromatic rings. The Bertz CT molecular complexity index is 1350. The minimum Gasteiger partial charge on any atom is -0.358 e. The second-order valence-electron chi connectivity index (χ2n) is 8.57. The van der Waals surface area contributed by atoms with Crippen LogP contribution in [0.15, 0.2) is 66.2 Å². The van der Waals surface area contributed by atoms with Crippen molar-refractivity contribution in [1.29, 1.82) is 0 Å². The molecule has 2 fully saturated rings. The molecular formula is C26H19ClN2O3S. The maximum atomic E-state index is 13.9. The maximum absolute atomic E-state index is 13.9. The van der Waals surface area contributed by atoms with Crippen molar-refractivity contribution in [2.75, 3.05) is 4.90 Å². The monoisotopic (exact) mass is 474 g/mol. The summed E-state index contributed by atoms with van der Waals surface area (Å²) in [5, 5.41) is 2.34. The number of carbonyl (C=O) groups is 3. The molecule has 4 atom stereocenters. The van der Waals surface area contributed by atoms with Gasteiger partial charge in [0.1, 0.15) is 6.04 Å². The Labute approximate surface area is 199 Å². The van der Waals surface area contributed by atoms with Crippen LogP contribution in [0.4, 0.5) is 5.69 Å². The van der Waals surface area contributed by atoms with Gasteiger partial charge in [-0.3, -0.25) is 14.4 Å². The van der Waals surface area contributed by atoms with Crippen molar-refractivity contribution in [1.82, 2.24) is 4.90 Å². The standard InChI is InChI=1S/C26H19ClN2O3S/c1-14-17(27)8-4-9-18(14)29-25(31)20-21(26(29)32)23(24(30)19-10-5-13-33-19)28-12-11-15-6-2-3-7-16(15)22(20)28/h2-13,20-23H,1H3/t20-,21+,22+,23+/m0/s1. The first-order valence-corrected chi connectivity index (χ1v) is 12.0. The first kappa shape index (κ1) is 20.4. The van der Waals surface area contributed by atoms with Gasteiger partial charge in [0.2, 0.25) is 11.8 Å². The molecule has 3 aliphatic rings. The fourth-order valence-electron chi connectivity index (χ4n) is 5.50. The van der Waals surface area contributed by atoms with Crippen molar-refractivity contribution in [2.45, 2.75) is 19.0 Å². The lowest BCUT2D eigenvalue weighted by Crippen LogP contribution is -2.44. The van der Waals surface area contributed by atoms with Crippen molar-refractivity contribution in [3.8, 4) is 0 Å². The van der Waals surface area contributed by atoms with Crippen molar-refractivity contribution in [3.05, 3.63) is 92.8 Å². The molecule has 0 radical (unpaired) electrons. The van der Waals surface area contributed by atoms with E-state index in [0.29, 0.717) is 21.2 Å². The average Bonchev–Trinajstić information content (AvgIpc) is 3.52. The minimum atomic E-state index is -0.772. The molecule has 33 heavy (non-hydrogen) atoms. The Kier molecular flexibility index (Phi) is 4.57. The second kappa shape index (κ2) is 7.40. The van der Waals surface area contributed by atoms with E-state index in [0.717, 1.165) is 11.1 Å². The molecule has 0 saturated carbocycles. The fourth-order valence-corrected chi connectivity index (χ4v) is 6.36. The number of halogens is 1. The average molecular weight is 475 g/mol. The summed E-state index contributed by atoms with van der Waals surface area (Å²) < 4.78 is 0. The van der Waals surface area contributed by atoms with Crippen LogP contribution < -0.4 is 4.90 Å². The molecule has 5 nitrogen and oxygen atoms in total. The number of Topliss-reactive ketones (excluding diaryl/α,β-unsaturated/α-hetero) is 1. The van der Waals surface area contributed by atoms with E-state index in [4.69, 9.17) is 11.6 Å². The van der Waals surface area contributed by atoms with Crippen LogP contribution in [0, 0.1) is 18.8 Å². The third kappa shape index (κ3) is 2.81. The summed E-state index contributed by atoms with van der Waals surface area (Å²) >= 11 is 7.67. The van der Waals surface area contributed by atoms with Crippen LogP contribution in [-0.4, -0.2) is 28.5 Å². The van der Waals surface area contributed by atoms with Gasteiger partial charge in [-0.2, -0.15) is 0 Å². The highest BCUT2D eigenvalue weighted by Crippen LogP contribution is 2.54. The first-order chi connectivity index (χ1) is 16.0. The Morgan fingerprint density at radius 3 is 2.55 bits per heavy atom. The number of amides is 2. The van der Waals surface area contributed by atoms with Gasteiger partial charge in [-0.25, -0.2) is 4.90 Å². The van der Waals surface area contributed by atoms with Crippen LogP contribution in [0.2, 0.25) is 5.02 Å². The summed E-state index contributed by atoms with van der Waals surface area (Å²) in [6.45, 7) is 1.80. The van der Waals surface area contributed by atoms with Crippen molar-refractivity contribution in [2.24, 2.45) is 11.8 Å². The molecule has 2 aromatic carbocycles. The van der Waals surface area contributed by atoms with E-state index in [-0.39, 0.29) is 23.6 Å². The Hall–Kier alpha value is -3.22. The Morgan fingerprint density at radius 2 is 1.76 bits per heavy atom. The van der Waals surface area contributed by atoms with Gasteiger partial charge in [0.25, 0.3) is 0 Å². The zero-order valence-corrected chi connectivity index (χ0v) is 19.2. The molecule has 0 unspecified atom stereocenters. The largest absolute Gasteiger partial charge is 0.358 e. The lowest BCUT2D eigenvalue weighted by atomic mass is 9.84. The molecule has 0 aliphatic carbocycles. The van der Waals surface area contributed by atoms with Gasteiger partial charge in [0.15, 0.2) is 5.78 Å². The summed E-state index contributed by atoms with van der Waals surface area (Å²) in [5.41, 5.74) is 3.12. The number of imide groups is 1. The quantitative estimate of drug-likeness (QED) is 0.391. The number of anilines is 1. The number of benzene rings is 2. The summed E-state index contributed by atoms with van der Waals surface area (Å²) in [7, 11) is 0. The fraction of sp³-hybridized carbons (Fsp3) is 0.192. The zero-order chi connectivity index (χ0) is 22.9. The molecule has 1 aromatic heterocycles. The number of ketones is 1. The topological polar surface area (TPSA) is 57.7 Å². The molecular weight excluding hydrogens is 456 g/mol. The van der Waals surface area contributed by atoms with Gasteiger partial charge in [-0.15, -0.1) is 11.3 Å². The van der Waals surface area contributed by atoms with Crippen LogP contribution in [-0.2, 0) is 9.59 Å². The molecule has 7 heteroatoms. The van der Waals surface area contributed by atoms with E-state index in [1.165, 1.54) is 16.2 Å². The third-order valence-electron chi connectivity index (χ3n) is 6.97. The van der Waals surface area contributed by atoms with E-state index in [1.807, 2.05) is 52.9 Å². The normalized spacial score (nSPS) is 25.3. The molecule has 3 aliphatic heterocycles. The molecule has 4 heterocycles. The highest BCUT2D eigenvalue weighted by Gasteiger charge is 2.64. The molecule has 0 bridgehead atoms. The Morgan fingerprint density at radius 1 is 0.970 bits per heavy atom. The Balaban J connectivity index is 1.52. The smallest absolute Gasteiger partial charge is 0.240 e. The highest BCUT2D eigenvalue weighted by molar-refractivity contribution is 7.12. The van der Waals surface area contributed by atoms with Crippen molar-refractivity contribution >= 4 is 52.3 Å². The molecule has 6 rings (SSSR count). The van der Waals surface area contributed by atoms with E-state index in [1.54, 1.807) is 31.2 Å². The van der Waals surface area contributed by atoms with Gasteiger partial charge in [0.05, 0.1) is 28.4 Å². The number of fused-ring (bicyclic) bond motifs is 5. The number of hydrogen-bond acceptors (Lipinski definition) is 5. The summed E-state index contributed by atoms with van der Waals surface area (Å²) in [4.78, 5) is 45.2. The van der Waals surface area contributed by atoms with Gasteiger partial charge in [-0.05, 0) is 53.3 Å². The van der Waals surface area contributed by atoms with E-state index >= 15 is 0 Å². The van der Waals surface area contributed by atoms with Crippen molar-refractivity contribution < 1.29 is 14.4 Å². The van der Waals surface area contributed by atoms with Crippen LogP contribution >= 0.6 is 22.9 Å². The first-order valence-electron chi connectivity index (χ1n) is 10.7. The van der Waals surface area contributed by atoms with E-state index in [2.05, 4.69) is 0 Å². The molecule has 164 valence electrons. The predicted octanol–water partition coefficient (Wildman–Crippen LogP) is 5.11. The van der Waals surface area contributed by atoms with Gasteiger partial charge in [-0.1, -0.05) is 48.0 Å². The summed E-state index contributed by atoms with van der Waals surface area (Å²) in [5.74, 6) is -2.18. The number of hydrogen-bond donors (Lipinski definition) is 0. The number of nitrogens with zero attached hydrogens (tertiary/aromatic N) is 2. The van der Waals surface area contributed by atoms with E-state index < -0.39 is 17.9 Å². The number of rotatable bonds is 3. The molecule has 0 N–H and O–H groups in total. The van der Waals surface area contributed by atoms with Gasteiger partial charge < -0.3 is 4.90 Å². The van der Waals surface area contributed by atoms with Crippen LogP contribution in [0.5, 0.6) is 0 Å². The lowest BCUT2D eigenvalue weighted by molar-refractivity contribution is -0.123. The van der Waals surface area contributed by atoms with Crippen molar-refractivity contribution in [3.63, 3.8) is 0 Å².